The van der Waals surface area contributed by atoms with Gasteiger partial charge in [0.15, 0.2) is 11.9 Å². The van der Waals surface area contributed by atoms with Gasteiger partial charge in [-0.2, -0.15) is 0 Å². The van der Waals surface area contributed by atoms with Crippen molar-refractivity contribution in [3.63, 3.8) is 0 Å². The molecular weight excluding hydrogens is 396 g/mol. The molecule has 0 spiro atoms. The van der Waals surface area contributed by atoms with Crippen LogP contribution in [0.25, 0.3) is 0 Å². The van der Waals surface area contributed by atoms with E-state index >= 15 is 0 Å². The largest absolute Gasteiger partial charge is 0.454 e. The maximum Gasteiger partial charge on any atom is 0.303 e. The van der Waals surface area contributed by atoms with Gasteiger partial charge >= 0.3 is 5.97 Å². The minimum atomic E-state index is -0.726. The predicted molar refractivity (Wildman–Crippen MR) is 115 cm³/mol. The summed E-state index contributed by atoms with van der Waals surface area (Å²) in [4.78, 5) is 12.0. The van der Waals surface area contributed by atoms with Crippen LogP contribution in [0.1, 0.15) is 45.1 Å². The molecule has 3 aliphatic rings. The Hall–Kier alpha value is -1.73. The molecule has 1 aliphatic carbocycles. The van der Waals surface area contributed by atoms with Crippen LogP contribution in [0, 0.1) is 11.3 Å². The lowest BCUT2D eigenvalue weighted by Gasteiger charge is -2.62. The van der Waals surface area contributed by atoms with Gasteiger partial charge in [-0.15, -0.1) is 6.58 Å². The third-order valence-electron chi connectivity index (χ3n) is 7.17. The van der Waals surface area contributed by atoms with E-state index in [1.54, 1.807) is 0 Å². The van der Waals surface area contributed by atoms with Crippen molar-refractivity contribution in [3.8, 4) is 0 Å². The van der Waals surface area contributed by atoms with Gasteiger partial charge in [-0.25, -0.2) is 0 Å². The van der Waals surface area contributed by atoms with E-state index in [0.717, 1.165) is 31.4 Å². The number of hydrogen-bond acceptors (Lipinski definition) is 6. The zero-order valence-electron chi connectivity index (χ0n) is 18.6. The molecule has 31 heavy (non-hydrogen) atoms. The van der Waals surface area contributed by atoms with Crippen LogP contribution in [0.4, 0.5) is 0 Å². The third-order valence-corrected chi connectivity index (χ3v) is 7.17. The Kier molecular flexibility index (Phi) is 6.82. The second kappa shape index (κ2) is 9.41. The minimum absolute atomic E-state index is 0.139. The van der Waals surface area contributed by atoms with Gasteiger partial charge in [0.05, 0.1) is 25.9 Å². The molecule has 0 aromatic heterocycles. The molecular formula is C25H34O6. The zero-order chi connectivity index (χ0) is 21.9. The fourth-order valence-corrected chi connectivity index (χ4v) is 5.25. The first kappa shape index (κ1) is 22.5. The molecule has 1 unspecified atom stereocenters. The SMILES string of the molecule is C=C[C@]1(C)[C@@H](OCc2ccccc2)C[C@H]2OC[C@@]2(OC(C)=O)[C@H]1COC1CCCCO1. The number of esters is 1. The van der Waals surface area contributed by atoms with Crippen LogP contribution in [-0.2, 0) is 35.1 Å². The van der Waals surface area contributed by atoms with E-state index in [-0.39, 0.29) is 30.4 Å². The van der Waals surface area contributed by atoms with Crippen LogP contribution < -0.4 is 0 Å². The molecule has 0 N–H and O–H groups in total. The molecule has 2 aliphatic heterocycles. The van der Waals surface area contributed by atoms with Crippen LogP contribution in [0.2, 0.25) is 0 Å². The summed E-state index contributed by atoms with van der Waals surface area (Å²) >= 11 is 0. The summed E-state index contributed by atoms with van der Waals surface area (Å²) in [6, 6.07) is 10.1. The van der Waals surface area contributed by atoms with Crippen LogP contribution in [0.3, 0.4) is 0 Å². The van der Waals surface area contributed by atoms with Crippen LogP contribution in [0.15, 0.2) is 43.0 Å². The fraction of sp³-hybridized carbons (Fsp3) is 0.640. The van der Waals surface area contributed by atoms with Crippen molar-refractivity contribution in [1.82, 2.24) is 0 Å². The quantitative estimate of drug-likeness (QED) is 0.458. The molecule has 2 saturated heterocycles. The third kappa shape index (κ3) is 4.44. The van der Waals surface area contributed by atoms with Crippen molar-refractivity contribution in [2.45, 2.75) is 70.2 Å². The maximum absolute atomic E-state index is 12.0. The molecule has 0 radical (unpaired) electrons. The first-order valence-electron chi connectivity index (χ1n) is 11.3. The van der Waals surface area contributed by atoms with E-state index in [0.29, 0.717) is 26.2 Å². The number of fused-ring (bicyclic) bond motifs is 1. The standard InChI is InChI=1S/C25H34O6/c1-4-24(3)20(16-29-23-12-8-9-13-27-23)25(31-18(2)26)17-30-22(25)14-21(24)28-15-19-10-6-5-7-11-19/h4-7,10-11,20-23H,1,8-9,12-17H2,2-3H3/t20-,21-,22+,23?,24-,25+/m0/s1. The van der Waals surface area contributed by atoms with Gasteiger partial charge in [0.2, 0.25) is 0 Å². The van der Waals surface area contributed by atoms with Gasteiger partial charge in [0.1, 0.15) is 6.10 Å². The van der Waals surface area contributed by atoms with Gasteiger partial charge in [0.25, 0.3) is 0 Å². The fourth-order valence-electron chi connectivity index (χ4n) is 5.25. The first-order valence-corrected chi connectivity index (χ1v) is 11.3. The van der Waals surface area contributed by atoms with Gasteiger partial charge in [-0.3, -0.25) is 4.79 Å². The molecule has 1 saturated carbocycles. The van der Waals surface area contributed by atoms with Crippen LogP contribution in [-0.4, -0.2) is 49.9 Å². The monoisotopic (exact) mass is 430 g/mol. The molecule has 170 valence electrons. The molecule has 2 heterocycles. The molecule has 1 aromatic rings. The minimum Gasteiger partial charge on any atom is -0.454 e. The first-order chi connectivity index (χ1) is 15.0. The van der Waals surface area contributed by atoms with Crippen LogP contribution >= 0.6 is 0 Å². The summed E-state index contributed by atoms with van der Waals surface area (Å²) in [6.07, 6.45) is 5.05. The highest BCUT2D eigenvalue weighted by Crippen LogP contribution is 2.55. The number of ether oxygens (including phenoxy) is 5. The van der Waals surface area contributed by atoms with Crippen molar-refractivity contribution in [2.24, 2.45) is 11.3 Å². The van der Waals surface area contributed by atoms with Gasteiger partial charge < -0.3 is 23.7 Å². The van der Waals surface area contributed by atoms with E-state index in [2.05, 4.69) is 25.6 Å². The average Bonchev–Trinajstić information content (AvgIpc) is 2.77. The van der Waals surface area contributed by atoms with Crippen molar-refractivity contribution in [3.05, 3.63) is 48.6 Å². The summed E-state index contributed by atoms with van der Waals surface area (Å²) in [7, 11) is 0. The Morgan fingerprint density at radius 3 is 2.65 bits per heavy atom. The number of rotatable bonds is 8. The van der Waals surface area contributed by atoms with Gasteiger partial charge in [-0.05, 0) is 24.8 Å². The molecule has 3 fully saturated rings. The topological polar surface area (TPSA) is 63.2 Å². The highest BCUT2D eigenvalue weighted by molar-refractivity contribution is 5.67. The number of benzene rings is 1. The number of hydrogen-bond donors (Lipinski definition) is 0. The predicted octanol–water partition coefficient (Wildman–Crippen LogP) is 4.03. The van der Waals surface area contributed by atoms with Crippen LogP contribution in [0.5, 0.6) is 0 Å². The van der Waals surface area contributed by atoms with Crippen molar-refractivity contribution in [2.75, 3.05) is 19.8 Å². The molecule has 0 bridgehead atoms. The Balaban J connectivity index is 1.56. The Labute approximate surface area is 184 Å². The number of carbonyl (C=O) groups is 1. The number of carbonyl (C=O) groups excluding carboxylic acids is 1. The highest BCUT2D eigenvalue weighted by atomic mass is 16.7. The summed E-state index contributed by atoms with van der Waals surface area (Å²) in [5, 5.41) is 0. The van der Waals surface area contributed by atoms with E-state index in [1.807, 2.05) is 24.3 Å². The van der Waals surface area contributed by atoms with Crippen molar-refractivity contribution >= 4 is 5.97 Å². The van der Waals surface area contributed by atoms with E-state index < -0.39 is 11.0 Å². The Bertz CT molecular complexity index is 761. The van der Waals surface area contributed by atoms with E-state index in [1.165, 1.54) is 6.92 Å². The molecule has 4 rings (SSSR count). The molecule has 1 aromatic carbocycles. The lowest BCUT2D eigenvalue weighted by atomic mass is 9.56. The summed E-state index contributed by atoms with van der Waals surface area (Å²) in [5.74, 6) is -0.456. The molecule has 6 nitrogen and oxygen atoms in total. The van der Waals surface area contributed by atoms with Gasteiger partial charge in [-0.1, -0.05) is 43.3 Å². The summed E-state index contributed by atoms with van der Waals surface area (Å²) in [6.45, 7) is 9.72. The Morgan fingerprint density at radius 2 is 2.03 bits per heavy atom. The molecule has 0 amide bonds. The Morgan fingerprint density at radius 1 is 1.23 bits per heavy atom. The van der Waals surface area contributed by atoms with Crippen molar-refractivity contribution < 1.29 is 28.5 Å². The second-order valence-corrected chi connectivity index (χ2v) is 9.12. The lowest BCUT2D eigenvalue weighted by molar-refractivity contribution is -0.331. The normalized spacial score (nSPS) is 37.4. The molecule has 6 heteroatoms. The smallest absolute Gasteiger partial charge is 0.303 e. The average molecular weight is 431 g/mol. The zero-order valence-corrected chi connectivity index (χ0v) is 18.6. The summed E-state index contributed by atoms with van der Waals surface area (Å²) < 4.78 is 30.3. The highest BCUT2D eigenvalue weighted by Gasteiger charge is 2.67. The summed E-state index contributed by atoms with van der Waals surface area (Å²) in [5.41, 5.74) is -0.0708. The lowest BCUT2D eigenvalue weighted by Crippen LogP contribution is -2.74. The van der Waals surface area contributed by atoms with E-state index in [4.69, 9.17) is 23.7 Å². The van der Waals surface area contributed by atoms with E-state index in [9.17, 15) is 4.79 Å². The molecule has 6 atom stereocenters. The maximum atomic E-state index is 12.0. The van der Waals surface area contributed by atoms with Crippen molar-refractivity contribution in [1.29, 1.82) is 0 Å². The second-order valence-electron chi connectivity index (χ2n) is 9.12. The van der Waals surface area contributed by atoms with Gasteiger partial charge in [0, 0.05) is 31.3 Å².